The summed E-state index contributed by atoms with van der Waals surface area (Å²) in [7, 11) is 0. The quantitative estimate of drug-likeness (QED) is 0.764. The predicted octanol–water partition coefficient (Wildman–Crippen LogP) is 1.24. The number of nitrogens with one attached hydrogen (secondary N) is 1. The molecule has 90 valence electrons. The Kier molecular flexibility index (Phi) is 2.91. The van der Waals surface area contributed by atoms with Gasteiger partial charge in [-0.2, -0.15) is 0 Å². The maximum absolute atomic E-state index is 11.7. The van der Waals surface area contributed by atoms with Crippen LogP contribution < -0.4 is 11.1 Å². The Hall–Kier alpha value is -2.17. The van der Waals surface area contributed by atoms with Crippen molar-refractivity contribution in [2.45, 2.75) is 19.9 Å². The molecule has 5 nitrogen and oxygen atoms in total. The lowest BCUT2D eigenvalue weighted by Gasteiger charge is -2.07. The first-order valence-corrected chi connectivity index (χ1v) is 5.36. The summed E-state index contributed by atoms with van der Waals surface area (Å²) < 4.78 is 0. The molecule has 0 fully saturated rings. The molecule has 1 aromatic heterocycles. The number of hydrogen-bond acceptors (Lipinski definition) is 4. The van der Waals surface area contributed by atoms with Gasteiger partial charge in [0.05, 0.1) is 11.4 Å². The number of aliphatic imine (C=N–C) groups is 1. The zero-order valence-corrected chi connectivity index (χ0v) is 9.77. The molecule has 0 saturated carbocycles. The highest BCUT2D eigenvalue weighted by Gasteiger charge is 2.20. The second kappa shape index (κ2) is 4.37. The van der Waals surface area contributed by atoms with Crippen LogP contribution in [0.1, 0.15) is 19.6 Å². The van der Waals surface area contributed by atoms with Crippen molar-refractivity contribution < 1.29 is 6.22 Å². The molecule has 3 N–H and O–H groups in total. The van der Waals surface area contributed by atoms with Gasteiger partial charge in [0, 0.05) is 18.9 Å². The number of nitrogens with two attached hydrogens (primary N) is 1. The van der Waals surface area contributed by atoms with E-state index in [0.717, 1.165) is 16.9 Å². The maximum atomic E-state index is 11.7. The van der Waals surface area contributed by atoms with Crippen molar-refractivity contribution in [3.63, 3.8) is 0 Å². The van der Waals surface area contributed by atoms with Gasteiger partial charge in [0.1, 0.15) is 6.04 Å². The molecule has 1 unspecified atom stereocenters. The van der Waals surface area contributed by atoms with E-state index in [1.165, 1.54) is 6.20 Å². The van der Waals surface area contributed by atoms with Crippen LogP contribution in [0.4, 0.5) is 5.69 Å². The van der Waals surface area contributed by atoms with Crippen LogP contribution in [0.3, 0.4) is 0 Å². The van der Waals surface area contributed by atoms with Crippen LogP contribution in [-0.2, 0) is 4.79 Å². The summed E-state index contributed by atoms with van der Waals surface area (Å²) >= 11 is 0. The molecule has 2 heterocycles. The van der Waals surface area contributed by atoms with E-state index in [2.05, 4.69) is 15.3 Å². The van der Waals surface area contributed by atoms with Crippen LogP contribution >= 0.6 is 0 Å². The Labute approximate surface area is 101 Å². The Morgan fingerprint density at radius 2 is 2.35 bits per heavy atom. The number of rotatable bonds is 1. The molecular weight excluding hydrogens is 216 g/mol. The fourth-order valence-corrected chi connectivity index (χ4v) is 1.67. The van der Waals surface area contributed by atoms with Gasteiger partial charge >= 0.3 is 0 Å². The molecule has 1 aliphatic rings. The van der Waals surface area contributed by atoms with Crippen molar-refractivity contribution in [3.05, 3.63) is 35.8 Å². The number of allylic oxidation sites excluding steroid dienone is 1. The molecule has 0 spiro atoms. The van der Waals surface area contributed by atoms with Gasteiger partial charge in [-0.25, -0.2) is 0 Å². The Morgan fingerprint density at radius 1 is 1.59 bits per heavy atom. The molecular formula is C12H16N4O. The van der Waals surface area contributed by atoms with Crippen LogP contribution in [0.15, 0.2) is 29.5 Å². The number of carbonyl (C=O) groups excluding carboxylic acids is 1. The van der Waals surface area contributed by atoms with E-state index in [1.807, 2.05) is 13.0 Å². The number of fused-ring (bicyclic) bond motifs is 1. The van der Waals surface area contributed by atoms with Gasteiger partial charge in [0.25, 0.3) is 0 Å². The molecule has 0 aromatic carbocycles. The Balaban J connectivity index is 0.00000162. The fraction of sp³-hybridized carbons (Fsp3) is 0.250. The molecule has 0 bridgehead atoms. The lowest BCUT2D eigenvalue weighted by Crippen LogP contribution is -2.22. The van der Waals surface area contributed by atoms with E-state index >= 15 is 0 Å². The lowest BCUT2D eigenvalue weighted by molar-refractivity contribution is -0.116. The van der Waals surface area contributed by atoms with Gasteiger partial charge in [-0.05, 0) is 32.2 Å². The summed E-state index contributed by atoms with van der Waals surface area (Å²) in [5.74, 6) is -0.128. The topological polar surface area (TPSA) is 80.4 Å². The van der Waals surface area contributed by atoms with Gasteiger partial charge in [-0.15, -0.1) is 0 Å². The highest BCUT2D eigenvalue weighted by atomic mass is 16.2. The molecule has 0 saturated heterocycles. The first kappa shape index (κ1) is 11.3. The third-order valence-corrected chi connectivity index (χ3v) is 2.54. The number of anilines is 1. The number of aryl methyl sites for hydroxylation is 1. The van der Waals surface area contributed by atoms with Gasteiger partial charge in [-0.1, -0.05) is 0 Å². The molecule has 0 radical (unpaired) electrons. The highest BCUT2D eigenvalue weighted by Crippen LogP contribution is 2.21. The molecule has 0 aliphatic carbocycles. The van der Waals surface area contributed by atoms with E-state index in [-0.39, 0.29) is 7.33 Å². The first-order valence-electron chi connectivity index (χ1n) is 5.36. The van der Waals surface area contributed by atoms with Gasteiger partial charge < -0.3 is 11.1 Å². The molecule has 1 atom stereocenters. The number of hydrogen-bond donors (Lipinski definition) is 2. The van der Waals surface area contributed by atoms with Crippen molar-refractivity contribution in [1.29, 1.82) is 0 Å². The number of nitrogens with zero attached hydrogens (tertiary/aromatic N) is 2. The average molecular weight is 232 g/mol. The van der Waals surface area contributed by atoms with Crippen LogP contribution in [0.25, 0.3) is 0 Å². The van der Waals surface area contributed by atoms with E-state index < -0.39 is 6.04 Å². The summed E-state index contributed by atoms with van der Waals surface area (Å²) in [5.41, 5.74) is 8.41. The van der Waals surface area contributed by atoms with Crippen molar-refractivity contribution in [2.75, 3.05) is 5.32 Å². The van der Waals surface area contributed by atoms with Gasteiger partial charge in [0.15, 0.2) is 0 Å². The molecule has 1 aliphatic heterocycles. The van der Waals surface area contributed by atoms with Crippen LogP contribution in [0.2, 0.25) is 0 Å². The minimum atomic E-state index is -0.436. The normalized spacial score (nSPS) is 19.5. The molecule has 5 heteroatoms. The van der Waals surface area contributed by atoms with Crippen LogP contribution in [-0.4, -0.2) is 22.6 Å². The third-order valence-electron chi connectivity index (χ3n) is 2.54. The Morgan fingerprint density at radius 3 is 3.06 bits per heavy atom. The van der Waals surface area contributed by atoms with Crippen molar-refractivity contribution >= 4 is 17.3 Å². The lowest BCUT2D eigenvalue weighted by atomic mass is 10.1. The second-order valence-corrected chi connectivity index (χ2v) is 3.91. The largest absolute Gasteiger partial charge is 0.405 e. The molecule has 1 amide bonds. The fourth-order valence-electron chi connectivity index (χ4n) is 1.67. The second-order valence-electron chi connectivity index (χ2n) is 3.91. The average Bonchev–Trinajstić information content (AvgIpc) is 2.38. The van der Waals surface area contributed by atoms with E-state index in [0.29, 0.717) is 5.71 Å². The number of amides is 1. The van der Waals surface area contributed by atoms with E-state index in [1.54, 1.807) is 19.2 Å². The monoisotopic (exact) mass is 232 g/mol. The van der Waals surface area contributed by atoms with Crippen LogP contribution in [0, 0.1) is 6.92 Å². The maximum Gasteiger partial charge on any atom is 0.248 e. The van der Waals surface area contributed by atoms with E-state index in [9.17, 15) is 4.79 Å². The van der Waals surface area contributed by atoms with Gasteiger partial charge in [-0.3, -0.25) is 14.8 Å². The number of aromatic nitrogens is 1. The van der Waals surface area contributed by atoms with Gasteiger partial charge in [0.2, 0.25) is 5.91 Å². The first-order chi connectivity index (χ1) is 8.11. The summed E-state index contributed by atoms with van der Waals surface area (Å²) in [6.45, 7) is 3.61. The van der Waals surface area contributed by atoms with Crippen molar-refractivity contribution in [3.8, 4) is 0 Å². The SMILES string of the molecule is Cc1cc2c(cn1)C(/C=C\N)=NC(C)C(=O)N2.[HH]. The summed E-state index contributed by atoms with van der Waals surface area (Å²) in [6, 6.07) is 1.39. The summed E-state index contributed by atoms with van der Waals surface area (Å²) in [4.78, 5) is 20.3. The Bertz CT molecular complexity index is 525. The molecule has 1 aromatic rings. The minimum Gasteiger partial charge on any atom is -0.405 e. The molecule has 17 heavy (non-hydrogen) atoms. The van der Waals surface area contributed by atoms with Crippen LogP contribution in [0.5, 0.6) is 0 Å². The summed E-state index contributed by atoms with van der Waals surface area (Å²) in [5, 5.41) is 2.83. The zero-order chi connectivity index (χ0) is 12.4. The third kappa shape index (κ3) is 2.18. The number of carbonyl (C=O) groups is 1. The minimum absolute atomic E-state index is 0. The smallest absolute Gasteiger partial charge is 0.248 e. The molecule has 2 rings (SSSR count). The predicted molar refractivity (Wildman–Crippen MR) is 69.0 cm³/mol. The van der Waals surface area contributed by atoms with Crippen molar-refractivity contribution in [1.82, 2.24) is 4.98 Å². The zero-order valence-electron chi connectivity index (χ0n) is 9.77. The highest BCUT2D eigenvalue weighted by molar-refractivity contribution is 6.16. The summed E-state index contributed by atoms with van der Waals surface area (Å²) in [6.07, 6.45) is 4.78. The standard InChI is InChI=1S/C12H14N4O.H2/c1-7-5-11-9(6-14-7)10(3-4-13)15-8(2)12(17)16-11;/h3-6,8H,13H2,1-2H3,(H,16,17);1H/b4-3-;. The van der Waals surface area contributed by atoms with Crippen molar-refractivity contribution in [2.24, 2.45) is 10.7 Å². The van der Waals surface area contributed by atoms with E-state index in [4.69, 9.17) is 5.73 Å². The number of pyridine rings is 1.